The van der Waals surface area contributed by atoms with E-state index in [1.54, 1.807) is 29.2 Å². The number of hydrogen-bond donors (Lipinski definition) is 1. The molecule has 3 rings (SSSR count). The van der Waals surface area contributed by atoms with Crippen LogP contribution in [-0.2, 0) is 11.3 Å². The quantitative estimate of drug-likeness (QED) is 0.803. The van der Waals surface area contributed by atoms with Gasteiger partial charge >= 0.3 is 0 Å². The molecule has 0 spiro atoms. The molecule has 0 saturated heterocycles. The van der Waals surface area contributed by atoms with E-state index in [0.717, 1.165) is 25.7 Å². The van der Waals surface area contributed by atoms with Crippen molar-refractivity contribution < 1.29 is 9.18 Å². The summed E-state index contributed by atoms with van der Waals surface area (Å²) in [5.41, 5.74) is 6.89. The fourth-order valence-corrected chi connectivity index (χ4v) is 4.47. The number of fused-ring (bicyclic) bond motifs is 2. The molecule has 3 nitrogen and oxygen atoms in total. The second-order valence-corrected chi connectivity index (χ2v) is 7.30. The van der Waals surface area contributed by atoms with Crippen LogP contribution < -0.4 is 5.73 Å². The van der Waals surface area contributed by atoms with Crippen molar-refractivity contribution in [2.75, 3.05) is 6.54 Å². The summed E-state index contributed by atoms with van der Waals surface area (Å²) < 4.78 is 14.0. The van der Waals surface area contributed by atoms with Crippen molar-refractivity contribution in [3.8, 4) is 0 Å². The number of nitrogens with zero attached hydrogens (tertiary/aromatic N) is 1. The monoisotopic (exact) mass is 366 g/mol. The van der Waals surface area contributed by atoms with E-state index in [1.807, 2.05) is 0 Å². The maximum atomic E-state index is 14.0. The largest absolute Gasteiger partial charge is 0.334 e. The van der Waals surface area contributed by atoms with Gasteiger partial charge in [-0.05, 0) is 43.6 Å². The zero-order valence-corrected chi connectivity index (χ0v) is 15.4. The molecule has 0 aliphatic heterocycles. The lowest BCUT2D eigenvalue weighted by atomic mass is 9.65. The van der Waals surface area contributed by atoms with Crippen LogP contribution in [0.4, 0.5) is 4.39 Å². The molecule has 2 aliphatic rings. The van der Waals surface area contributed by atoms with Crippen LogP contribution in [-0.4, -0.2) is 23.4 Å². The number of amides is 1. The molecule has 0 aromatic heterocycles. The van der Waals surface area contributed by atoms with Crippen molar-refractivity contribution in [2.24, 2.45) is 23.5 Å². The zero-order valence-electron chi connectivity index (χ0n) is 14.6. The van der Waals surface area contributed by atoms with Crippen molar-refractivity contribution in [2.45, 2.75) is 44.7 Å². The third-order valence-electron chi connectivity index (χ3n) is 5.74. The number of rotatable bonds is 5. The van der Waals surface area contributed by atoms with Crippen molar-refractivity contribution in [3.63, 3.8) is 0 Å². The zero-order chi connectivity index (χ0) is 17.1. The summed E-state index contributed by atoms with van der Waals surface area (Å²) in [6.45, 7) is 4.50. The lowest BCUT2D eigenvalue weighted by Crippen LogP contribution is -2.49. The number of carbonyl (C=O) groups is 1. The minimum Gasteiger partial charge on any atom is -0.334 e. The third kappa shape index (κ3) is 4.42. The van der Waals surface area contributed by atoms with Gasteiger partial charge in [-0.2, -0.15) is 0 Å². The van der Waals surface area contributed by atoms with Crippen LogP contribution in [0.3, 0.4) is 0 Å². The fourth-order valence-electron chi connectivity index (χ4n) is 4.47. The maximum absolute atomic E-state index is 14.0. The number of benzene rings is 1. The number of nitrogens with two attached hydrogens (primary N) is 1. The second-order valence-electron chi connectivity index (χ2n) is 7.30. The molecule has 1 aromatic rings. The van der Waals surface area contributed by atoms with Gasteiger partial charge in [0.2, 0.25) is 5.91 Å². The predicted molar refractivity (Wildman–Crippen MR) is 101 cm³/mol. The number of halogens is 2. The fraction of sp³-hybridized carbons (Fsp3) is 0.550. The highest BCUT2D eigenvalue weighted by Gasteiger charge is 2.41. The summed E-state index contributed by atoms with van der Waals surface area (Å²) in [7, 11) is 0. The second kappa shape index (κ2) is 8.81. The van der Waals surface area contributed by atoms with Crippen molar-refractivity contribution in [1.82, 2.24) is 4.90 Å². The van der Waals surface area contributed by atoms with Gasteiger partial charge in [0.25, 0.3) is 0 Å². The number of carbonyl (C=O) groups excluding carboxylic acids is 1. The Morgan fingerprint density at radius 2 is 1.92 bits per heavy atom. The van der Waals surface area contributed by atoms with E-state index in [9.17, 15) is 9.18 Å². The molecule has 0 radical (unpaired) electrons. The molecule has 5 heteroatoms. The molecule has 2 unspecified atom stereocenters. The minimum atomic E-state index is -0.262. The Labute approximate surface area is 155 Å². The highest BCUT2D eigenvalue weighted by molar-refractivity contribution is 5.85. The summed E-state index contributed by atoms with van der Waals surface area (Å²) in [6, 6.07) is 6.91. The Kier molecular flexibility index (Phi) is 7.03. The van der Waals surface area contributed by atoms with Crippen LogP contribution >= 0.6 is 12.4 Å². The minimum absolute atomic E-state index is 0. The Bertz CT molecular complexity index is 595. The molecule has 25 heavy (non-hydrogen) atoms. The third-order valence-corrected chi connectivity index (χ3v) is 5.74. The summed E-state index contributed by atoms with van der Waals surface area (Å²) in [6.07, 6.45) is 6.97. The first kappa shape index (κ1) is 19.9. The molecule has 2 fully saturated rings. The average Bonchev–Trinajstić information content (AvgIpc) is 2.55. The molecule has 0 heterocycles. The van der Waals surface area contributed by atoms with Crippen LogP contribution in [0.2, 0.25) is 0 Å². The number of hydrogen-bond acceptors (Lipinski definition) is 2. The van der Waals surface area contributed by atoms with E-state index >= 15 is 0 Å². The predicted octanol–water partition coefficient (Wildman–Crippen LogP) is 3.92. The molecule has 138 valence electrons. The van der Waals surface area contributed by atoms with Gasteiger partial charge in [0.05, 0.1) is 0 Å². The van der Waals surface area contributed by atoms with E-state index < -0.39 is 0 Å². The first-order chi connectivity index (χ1) is 11.6. The van der Waals surface area contributed by atoms with Crippen molar-refractivity contribution in [1.29, 1.82) is 0 Å². The van der Waals surface area contributed by atoms with Crippen molar-refractivity contribution >= 4 is 18.3 Å². The first-order valence-corrected chi connectivity index (χ1v) is 8.98. The van der Waals surface area contributed by atoms with E-state index in [4.69, 9.17) is 5.73 Å². The Morgan fingerprint density at radius 1 is 1.28 bits per heavy atom. The average molecular weight is 367 g/mol. The van der Waals surface area contributed by atoms with Crippen LogP contribution in [0.25, 0.3) is 0 Å². The van der Waals surface area contributed by atoms with Gasteiger partial charge in [0.15, 0.2) is 0 Å². The van der Waals surface area contributed by atoms with Gasteiger partial charge in [-0.25, -0.2) is 4.39 Å². The van der Waals surface area contributed by atoms with Crippen LogP contribution in [0.5, 0.6) is 0 Å². The van der Waals surface area contributed by atoms with Gasteiger partial charge in [-0.3, -0.25) is 4.79 Å². The first-order valence-electron chi connectivity index (χ1n) is 8.98. The van der Waals surface area contributed by atoms with Crippen molar-refractivity contribution in [3.05, 3.63) is 48.3 Å². The smallest absolute Gasteiger partial charge is 0.226 e. The van der Waals surface area contributed by atoms with Gasteiger partial charge < -0.3 is 10.6 Å². The molecule has 1 aromatic carbocycles. The van der Waals surface area contributed by atoms with Gasteiger partial charge in [0.1, 0.15) is 5.82 Å². The van der Waals surface area contributed by atoms with Crippen LogP contribution in [0, 0.1) is 23.6 Å². The Balaban J connectivity index is 0.00000225. The topological polar surface area (TPSA) is 46.3 Å². The SMILES string of the molecule is C=CCN(Cc1ccccc1F)C(=O)C1CC2CCCC(C1)C2N.Cl. The Hall–Kier alpha value is -1.39. The molecule has 2 aliphatic carbocycles. The molecule has 2 N–H and O–H groups in total. The van der Waals surface area contributed by atoms with Crippen LogP contribution in [0.1, 0.15) is 37.7 Å². The molecular weight excluding hydrogens is 339 g/mol. The van der Waals surface area contributed by atoms with Gasteiger partial charge in [-0.1, -0.05) is 30.7 Å². The van der Waals surface area contributed by atoms with Gasteiger partial charge in [-0.15, -0.1) is 19.0 Å². The Morgan fingerprint density at radius 3 is 2.52 bits per heavy atom. The lowest BCUT2D eigenvalue weighted by molar-refractivity contribution is -0.138. The van der Waals surface area contributed by atoms with Crippen LogP contribution in [0.15, 0.2) is 36.9 Å². The molecule has 1 amide bonds. The van der Waals surface area contributed by atoms with E-state index in [1.165, 1.54) is 12.5 Å². The molecular formula is C20H28ClFN2O. The lowest BCUT2D eigenvalue weighted by Gasteiger charge is -2.44. The van der Waals surface area contributed by atoms with E-state index in [-0.39, 0.29) is 36.1 Å². The van der Waals surface area contributed by atoms with E-state index in [0.29, 0.717) is 30.5 Å². The highest BCUT2D eigenvalue weighted by Crippen LogP contribution is 2.42. The molecule has 2 atom stereocenters. The molecule has 2 saturated carbocycles. The summed E-state index contributed by atoms with van der Waals surface area (Å²) in [5, 5.41) is 0. The maximum Gasteiger partial charge on any atom is 0.226 e. The standard InChI is InChI=1S/C20H27FN2O.ClH/c1-2-10-23(13-16-6-3-4-9-18(16)21)20(24)17-11-14-7-5-8-15(12-17)19(14)22;/h2-4,6,9,14-15,17,19H,1,5,7-8,10-13,22H2;1H. The molecule has 2 bridgehead atoms. The highest BCUT2D eigenvalue weighted by atomic mass is 35.5. The summed E-state index contributed by atoms with van der Waals surface area (Å²) in [5.74, 6) is 0.812. The van der Waals surface area contributed by atoms with E-state index in [2.05, 4.69) is 6.58 Å². The summed E-state index contributed by atoms with van der Waals surface area (Å²) in [4.78, 5) is 14.8. The van der Waals surface area contributed by atoms with Gasteiger partial charge in [0, 0.05) is 30.6 Å². The summed E-state index contributed by atoms with van der Waals surface area (Å²) >= 11 is 0. The normalized spacial score (nSPS) is 27.9.